The monoisotopic (exact) mass is 570 g/mol. The number of ether oxygens (including phenoxy) is 1. The SMILES string of the molecule is CCOc1ccc(/C=C2\c3cccc(O)c3C(O)=C3C(=O)[C@]4(O)C(=O)C(C(C)=O)=C(C)[C@@H](C(C)C)[C@]4(C)C[C@@]32C)cc1. The molecule has 1 saturated carbocycles. The average molecular weight is 571 g/mol. The molecule has 0 heterocycles. The van der Waals surface area contributed by atoms with Gasteiger partial charge in [0.1, 0.15) is 17.3 Å². The summed E-state index contributed by atoms with van der Waals surface area (Å²) in [6.45, 7) is 12.9. The highest BCUT2D eigenvalue weighted by atomic mass is 16.5. The lowest BCUT2D eigenvalue weighted by Gasteiger charge is -2.60. The Morgan fingerprint density at radius 3 is 2.29 bits per heavy atom. The van der Waals surface area contributed by atoms with Crippen LogP contribution in [0, 0.1) is 22.7 Å². The Kier molecular flexibility index (Phi) is 6.89. The van der Waals surface area contributed by atoms with E-state index < -0.39 is 45.5 Å². The molecule has 7 heteroatoms. The Hall–Kier alpha value is -3.97. The smallest absolute Gasteiger partial charge is 0.206 e. The topological polar surface area (TPSA) is 121 Å². The molecule has 1 fully saturated rings. The molecule has 0 aliphatic heterocycles. The van der Waals surface area contributed by atoms with Crippen LogP contribution in [-0.4, -0.2) is 44.9 Å². The molecule has 3 N–H and O–H groups in total. The van der Waals surface area contributed by atoms with Crippen LogP contribution in [-0.2, 0) is 14.4 Å². The first-order valence-electron chi connectivity index (χ1n) is 14.4. The van der Waals surface area contributed by atoms with E-state index in [0.717, 1.165) is 5.56 Å². The molecule has 0 saturated heterocycles. The number of carbonyl (C=O) groups excluding carboxylic acids is 3. The van der Waals surface area contributed by atoms with Gasteiger partial charge in [0, 0.05) is 10.8 Å². The summed E-state index contributed by atoms with van der Waals surface area (Å²) in [5, 5.41) is 34.9. The third-order valence-corrected chi connectivity index (χ3v) is 9.68. The summed E-state index contributed by atoms with van der Waals surface area (Å²) in [5.41, 5.74) is -2.73. The molecule has 0 spiro atoms. The van der Waals surface area contributed by atoms with E-state index in [4.69, 9.17) is 4.74 Å². The summed E-state index contributed by atoms with van der Waals surface area (Å²) in [7, 11) is 0. The highest BCUT2D eigenvalue weighted by molar-refractivity contribution is 6.34. The molecule has 0 aromatic heterocycles. The molecule has 0 amide bonds. The predicted molar refractivity (Wildman–Crippen MR) is 161 cm³/mol. The van der Waals surface area contributed by atoms with Gasteiger partial charge in [-0.3, -0.25) is 14.4 Å². The summed E-state index contributed by atoms with van der Waals surface area (Å²) in [6, 6.07) is 12.3. The van der Waals surface area contributed by atoms with Gasteiger partial charge >= 0.3 is 0 Å². The molecular formula is C35H38O7. The van der Waals surface area contributed by atoms with Crippen molar-refractivity contribution < 1.29 is 34.4 Å². The summed E-state index contributed by atoms with van der Waals surface area (Å²) < 4.78 is 5.59. The first-order chi connectivity index (χ1) is 19.6. The van der Waals surface area contributed by atoms with Crippen molar-refractivity contribution in [2.75, 3.05) is 6.61 Å². The first-order valence-corrected chi connectivity index (χ1v) is 14.4. The highest BCUT2D eigenvalue weighted by Gasteiger charge is 2.72. The molecule has 0 unspecified atom stereocenters. The van der Waals surface area contributed by atoms with Crippen LogP contribution in [0.3, 0.4) is 0 Å². The Balaban J connectivity index is 1.85. The molecule has 2 aromatic carbocycles. The zero-order valence-electron chi connectivity index (χ0n) is 25.2. The van der Waals surface area contributed by atoms with Gasteiger partial charge < -0.3 is 20.1 Å². The minimum Gasteiger partial charge on any atom is -0.507 e. The van der Waals surface area contributed by atoms with Gasteiger partial charge in [-0.05, 0) is 73.9 Å². The predicted octanol–water partition coefficient (Wildman–Crippen LogP) is 6.09. The molecule has 2 aromatic rings. The fraction of sp³-hybridized carbons (Fsp3) is 0.400. The lowest BCUT2D eigenvalue weighted by atomic mass is 9.42. The number of fused-ring (bicyclic) bond motifs is 3. The molecule has 0 bridgehead atoms. The van der Waals surface area contributed by atoms with Crippen LogP contribution in [0.1, 0.15) is 71.6 Å². The van der Waals surface area contributed by atoms with E-state index in [0.29, 0.717) is 29.1 Å². The summed E-state index contributed by atoms with van der Waals surface area (Å²) >= 11 is 0. The van der Waals surface area contributed by atoms with Crippen molar-refractivity contribution in [2.24, 2.45) is 22.7 Å². The lowest BCUT2D eigenvalue weighted by molar-refractivity contribution is -0.178. The Labute approximate surface area is 246 Å². The van der Waals surface area contributed by atoms with E-state index in [-0.39, 0.29) is 34.8 Å². The number of phenols is 1. The van der Waals surface area contributed by atoms with Crippen molar-refractivity contribution in [3.8, 4) is 11.5 Å². The van der Waals surface area contributed by atoms with Crippen molar-refractivity contribution in [1.29, 1.82) is 0 Å². The van der Waals surface area contributed by atoms with Crippen molar-refractivity contribution in [2.45, 2.75) is 60.5 Å². The minimum absolute atomic E-state index is 0.0601. The second kappa shape index (κ2) is 9.80. The van der Waals surface area contributed by atoms with Crippen molar-refractivity contribution >= 4 is 34.8 Å². The minimum atomic E-state index is -2.59. The Bertz CT molecular complexity index is 1620. The van der Waals surface area contributed by atoms with Crippen molar-refractivity contribution in [3.63, 3.8) is 0 Å². The number of phenolic OH excluding ortho intramolecular Hbond substituents is 1. The summed E-state index contributed by atoms with van der Waals surface area (Å²) in [6.07, 6.45) is 2.04. The number of allylic oxidation sites excluding steroid dienone is 2. The lowest BCUT2D eigenvalue weighted by Crippen LogP contribution is -2.70. The molecule has 0 radical (unpaired) electrons. The first kappa shape index (κ1) is 29.5. The van der Waals surface area contributed by atoms with Crippen LogP contribution in [0.25, 0.3) is 17.4 Å². The number of benzene rings is 2. The molecule has 42 heavy (non-hydrogen) atoms. The van der Waals surface area contributed by atoms with Gasteiger partial charge in [-0.1, -0.05) is 63.6 Å². The molecule has 3 aliphatic rings. The van der Waals surface area contributed by atoms with Crippen LogP contribution in [0.2, 0.25) is 0 Å². The van der Waals surface area contributed by atoms with Crippen LogP contribution in [0.15, 0.2) is 59.2 Å². The van der Waals surface area contributed by atoms with Gasteiger partial charge in [-0.25, -0.2) is 0 Å². The van der Waals surface area contributed by atoms with Crippen molar-refractivity contribution in [1.82, 2.24) is 0 Å². The third-order valence-electron chi connectivity index (χ3n) is 9.68. The molecule has 3 aliphatic carbocycles. The van der Waals surface area contributed by atoms with Gasteiger partial charge in [0.15, 0.2) is 11.4 Å². The number of aromatic hydroxyl groups is 1. The highest BCUT2D eigenvalue weighted by Crippen LogP contribution is 2.67. The Morgan fingerprint density at radius 1 is 1.07 bits per heavy atom. The fourth-order valence-electron chi connectivity index (χ4n) is 8.27. The van der Waals surface area contributed by atoms with E-state index in [1.54, 1.807) is 26.0 Å². The fourth-order valence-corrected chi connectivity index (χ4v) is 8.27. The van der Waals surface area contributed by atoms with Gasteiger partial charge in [0.2, 0.25) is 11.6 Å². The van der Waals surface area contributed by atoms with E-state index in [2.05, 4.69) is 0 Å². The molecular weight excluding hydrogens is 532 g/mol. The largest absolute Gasteiger partial charge is 0.507 e. The van der Waals surface area contributed by atoms with Gasteiger partial charge in [-0.2, -0.15) is 0 Å². The van der Waals surface area contributed by atoms with E-state index >= 15 is 0 Å². The van der Waals surface area contributed by atoms with Crippen molar-refractivity contribution in [3.05, 3.63) is 75.9 Å². The summed E-state index contributed by atoms with van der Waals surface area (Å²) in [4.78, 5) is 41.5. The quantitative estimate of drug-likeness (QED) is 0.294. The zero-order chi connectivity index (χ0) is 30.9. The number of Topliss-reactive ketones (excluding diaryl/α,β-unsaturated/α-hetero) is 3. The number of carbonyl (C=O) groups is 3. The van der Waals surface area contributed by atoms with E-state index in [9.17, 15) is 29.7 Å². The van der Waals surface area contributed by atoms with E-state index in [1.807, 2.05) is 58.0 Å². The van der Waals surface area contributed by atoms with Gasteiger partial charge in [-0.15, -0.1) is 0 Å². The number of ketones is 3. The third kappa shape index (κ3) is 3.79. The van der Waals surface area contributed by atoms with Crippen LogP contribution >= 0.6 is 0 Å². The van der Waals surface area contributed by atoms with Gasteiger partial charge in [0.25, 0.3) is 0 Å². The second-order valence-corrected chi connectivity index (χ2v) is 12.6. The Morgan fingerprint density at radius 2 is 1.71 bits per heavy atom. The van der Waals surface area contributed by atoms with Crippen LogP contribution < -0.4 is 4.74 Å². The van der Waals surface area contributed by atoms with E-state index in [1.165, 1.54) is 13.0 Å². The number of aliphatic hydroxyl groups is 2. The zero-order valence-corrected chi connectivity index (χ0v) is 25.2. The molecule has 4 atom stereocenters. The molecule has 220 valence electrons. The van der Waals surface area contributed by atoms with Crippen LogP contribution in [0.4, 0.5) is 0 Å². The standard InChI is InChI=1S/C35H38O7/c1-8-42-22-14-12-21(13-15-22)16-24-23-10-9-11-25(37)27(23)30(38)29-32(40)35(41)31(39)26(20(5)36)19(4)28(18(2)3)34(35,7)17-33(24,29)6/h9-16,18,28,37-38,41H,8,17H2,1-7H3/b24-16+/t28-,33-,34+,35-/m1/s1. The molecule has 7 nitrogen and oxygen atoms in total. The summed E-state index contributed by atoms with van der Waals surface area (Å²) in [5.74, 6) is -3.00. The number of hydrogen-bond donors (Lipinski definition) is 3. The van der Waals surface area contributed by atoms with Crippen LogP contribution in [0.5, 0.6) is 11.5 Å². The number of aliphatic hydroxyl groups excluding tert-OH is 1. The maximum absolute atomic E-state index is 14.7. The number of hydrogen-bond acceptors (Lipinski definition) is 7. The second-order valence-electron chi connectivity index (χ2n) is 12.6. The average Bonchev–Trinajstić information content (AvgIpc) is 2.89. The maximum atomic E-state index is 14.7. The maximum Gasteiger partial charge on any atom is 0.206 e. The molecule has 5 rings (SSSR count). The normalized spacial score (nSPS) is 29.9. The number of rotatable bonds is 5. The van der Waals surface area contributed by atoms with Gasteiger partial charge in [0.05, 0.1) is 23.3 Å².